The molecule has 3 rings (SSSR count). The topological polar surface area (TPSA) is 80.0 Å². The quantitative estimate of drug-likeness (QED) is 0.897. The van der Waals surface area contributed by atoms with E-state index in [0.29, 0.717) is 11.7 Å². The highest BCUT2D eigenvalue weighted by atomic mass is 35.5. The smallest absolute Gasteiger partial charge is 0.246 e. The van der Waals surface area contributed by atoms with E-state index in [1.54, 1.807) is 0 Å². The number of aryl methyl sites for hydroxylation is 1. The molecule has 0 saturated carbocycles. The third-order valence-corrected chi connectivity index (χ3v) is 3.57. The molecular weight excluding hydrogens is 304 g/mol. The summed E-state index contributed by atoms with van der Waals surface area (Å²) in [5, 5.41) is 9.91. The summed E-state index contributed by atoms with van der Waals surface area (Å²) in [6.45, 7) is 3.18. The molecule has 0 aliphatic carbocycles. The lowest BCUT2D eigenvalue weighted by molar-refractivity contribution is -0.123. The molecule has 2 N–H and O–H groups in total. The van der Waals surface area contributed by atoms with Gasteiger partial charge < -0.3 is 15.2 Å². The Kier molecular flexibility index (Phi) is 5.51. The van der Waals surface area contributed by atoms with E-state index in [2.05, 4.69) is 20.8 Å². The van der Waals surface area contributed by atoms with Gasteiger partial charge in [0.1, 0.15) is 0 Å². The second-order valence-electron chi connectivity index (χ2n) is 5.24. The third kappa shape index (κ3) is 3.84. The number of aromatic nitrogens is 2. The average molecular weight is 323 g/mol. The van der Waals surface area contributed by atoms with Crippen molar-refractivity contribution in [2.24, 2.45) is 0 Å². The minimum absolute atomic E-state index is 0. The molecule has 1 aromatic heterocycles. The average Bonchev–Trinajstić information content (AvgIpc) is 3.17. The van der Waals surface area contributed by atoms with E-state index >= 15 is 0 Å². The van der Waals surface area contributed by atoms with E-state index in [1.807, 2.05) is 31.2 Å². The first kappa shape index (κ1) is 16.5. The maximum absolute atomic E-state index is 11.9. The van der Waals surface area contributed by atoms with Crippen LogP contribution in [0.2, 0.25) is 0 Å². The van der Waals surface area contributed by atoms with Gasteiger partial charge in [0.15, 0.2) is 0 Å². The number of rotatable bonds is 4. The third-order valence-electron chi connectivity index (χ3n) is 3.57. The summed E-state index contributed by atoms with van der Waals surface area (Å²) >= 11 is 0. The van der Waals surface area contributed by atoms with E-state index in [9.17, 15) is 4.79 Å². The molecule has 1 aliphatic heterocycles. The minimum Gasteiger partial charge on any atom is -0.346 e. The van der Waals surface area contributed by atoms with Crippen LogP contribution in [-0.2, 0) is 11.3 Å². The van der Waals surface area contributed by atoms with Crippen LogP contribution < -0.4 is 10.6 Å². The van der Waals surface area contributed by atoms with Gasteiger partial charge in [-0.25, -0.2) is 0 Å². The van der Waals surface area contributed by atoms with Crippen molar-refractivity contribution in [1.29, 1.82) is 0 Å². The summed E-state index contributed by atoms with van der Waals surface area (Å²) < 4.78 is 5.17. The number of carbonyl (C=O) groups excluding carboxylic acids is 1. The van der Waals surface area contributed by atoms with Crippen molar-refractivity contribution >= 4 is 18.3 Å². The molecule has 2 heterocycles. The van der Waals surface area contributed by atoms with Crippen LogP contribution in [0.25, 0.3) is 11.4 Å². The Morgan fingerprint density at radius 3 is 2.86 bits per heavy atom. The van der Waals surface area contributed by atoms with Crippen molar-refractivity contribution in [2.75, 3.05) is 6.54 Å². The zero-order valence-electron chi connectivity index (χ0n) is 12.3. The van der Waals surface area contributed by atoms with Gasteiger partial charge in [0, 0.05) is 5.56 Å². The molecule has 1 atom stereocenters. The van der Waals surface area contributed by atoms with Gasteiger partial charge in [-0.1, -0.05) is 35.0 Å². The number of amides is 1. The highest BCUT2D eigenvalue weighted by Gasteiger charge is 2.22. The van der Waals surface area contributed by atoms with Crippen LogP contribution in [0.15, 0.2) is 28.8 Å². The van der Waals surface area contributed by atoms with E-state index in [0.717, 1.165) is 24.9 Å². The molecule has 1 saturated heterocycles. The second-order valence-corrected chi connectivity index (χ2v) is 5.24. The molecule has 1 aromatic carbocycles. The van der Waals surface area contributed by atoms with Gasteiger partial charge in [0.2, 0.25) is 17.6 Å². The number of nitrogens with one attached hydrogen (secondary N) is 2. The van der Waals surface area contributed by atoms with Crippen LogP contribution in [0, 0.1) is 6.92 Å². The molecule has 118 valence electrons. The highest BCUT2D eigenvalue weighted by Crippen LogP contribution is 2.16. The summed E-state index contributed by atoms with van der Waals surface area (Å²) in [5.74, 6) is 0.942. The summed E-state index contributed by atoms with van der Waals surface area (Å²) in [5.41, 5.74) is 2.08. The molecule has 0 radical (unpaired) electrons. The molecule has 1 aliphatic rings. The molecule has 1 amide bonds. The van der Waals surface area contributed by atoms with Crippen molar-refractivity contribution in [1.82, 2.24) is 20.8 Å². The predicted octanol–water partition coefficient (Wildman–Crippen LogP) is 1.84. The standard InChI is InChI=1S/C15H18N4O2.ClH/c1-10-4-6-11(7-5-10)14-18-13(21-19-14)9-17-15(20)12-3-2-8-16-12;/h4-7,12,16H,2-3,8-9H2,1H3,(H,17,20);1H. The van der Waals surface area contributed by atoms with Crippen molar-refractivity contribution in [3.05, 3.63) is 35.7 Å². The minimum atomic E-state index is -0.0931. The summed E-state index contributed by atoms with van der Waals surface area (Å²) in [4.78, 5) is 16.2. The number of hydrogen-bond donors (Lipinski definition) is 2. The first-order valence-corrected chi connectivity index (χ1v) is 7.13. The zero-order chi connectivity index (χ0) is 14.7. The van der Waals surface area contributed by atoms with Crippen LogP contribution in [0.5, 0.6) is 0 Å². The number of nitrogens with zero attached hydrogens (tertiary/aromatic N) is 2. The number of carbonyl (C=O) groups is 1. The Balaban J connectivity index is 0.00000176. The summed E-state index contributed by atoms with van der Waals surface area (Å²) in [7, 11) is 0. The lowest BCUT2D eigenvalue weighted by Gasteiger charge is -2.08. The molecule has 1 fully saturated rings. The molecule has 1 unspecified atom stereocenters. The summed E-state index contributed by atoms with van der Waals surface area (Å²) in [6.07, 6.45) is 1.92. The van der Waals surface area contributed by atoms with E-state index in [4.69, 9.17) is 4.52 Å². The SMILES string of the molecule is Cc1ccc(-c2noc(CNC(=O)C3CCCN3)n2)cc1.Cl. The van der Waals surface area contributed by atoms with Crippen molar-refractivity contribution in [3.63, 3.8) is 0 Å². The maximum Gasteiger partial charge on any atom is 0.246 e. The molecule has 6 nitrogen and oxygen atoms in total. The molecule has 2 aromatic rings. The van der Waals surface area contributed by atoms with Gasteiger partial charge in [-0.15, -0.1) is 12.4 Å². The van der Waals surface area contributed by atoms with Crippen LogP contribution >= 0.6 is 12.4 Å². The normalized spacial score (nSPS) is 17.0. The second kappa shape index (κ2) is 7.38. The number of halogens is 1. The first-order valence-electron chi connectivity index (χ1n) is 7.13. The predicted molar refractivity (Wildman–Crippen MR) is 84.6 cm³/mol. The Bertz CT molecular complexity index is 621. The molecule has 0 bridgehead atoms. The van der Waals surface area contributed by atoms with Crippen molar-refractivity contribution < 1.29 is 9.32 Å². The Labute approximate surface area is 135 Å². The van der Waals surface area contributed by atoms with Crippen LogP contribution in [0.4, 0.5) is 0 Å². The fourth-order valence-corrected chi connectivity index (χ4v) is 2.34. The number of hydrogen-bond acceptors (Lipinski definition) is 5. The fourth-order valence-electron chi connectivity index (χ4n) is 2.34. The van der Waals surface area contributed by atoms with Crippen LogP contribution in [0.1, 0.15) is 24.3 Å². The number of benzene rings is 1. The van der Waals surface area contributed by atoms with Gasteiger partial charge >= 0.3 is 0 Å². The maximum atomic E-state index is 11.9. The van der Waals surface area contributed by atoms with Gasteiger partial charge in [-0.05, 0) is 26.3 Å². The van der Waals surface area contributed by atoms with Crippen molar-refractivity contribution in [3.8, 4) is 11.4 Å². The van der Waals surface area contributed by atoms with Gasteiger partial charge in [-0.3, -0.25) is 4.79 Å². The molecular formula is C15H19ClN4O2. The Morgan fingerprint density at radius 1 is 1.41 bits per heavy atom. The zero-order valence-corrected chi connectivity index (χ0v) is 13.2. The van der Waals surface area contributed by atoms with Crippen LogP contribution in [0.3, 0.4) is 0 Å². The molecule has 0 spiro atoms. The summed E-state index contributed by atoms with van der Waals surface area (Å²) in [6, 6.07) is 7.80. The van der Waals surface area contributed by atoms with E-state index in [1.165, 1.54) is 5.56 Å². The molecule has 7 heteroatoms. The highest BCUT2D eigenvalue weighted by molar-refractivity contribution is 5.85. The van der Waals surface area contributed by atoms with Gasteiger partial charge in [-0.2, -0.15) is 4.98 Å². The molecule has 22 heavy (non-hydrogen) atoms. The lowest BCUT2D eigenvalue weighted by atomic mass is 10.1. The van der Waals surface area contributed by atoms with E-state index in [-0.39, 0.29) is 30.9 Å². The Morgan fingerprint density at radius 2 is 2.18 bits per heavy atom. The van der Waals surface area contributed by atoms with E-state index < -0.39 is 0 Å². The van der Waals surface area contributed by atoms with Gasteiger partial charge in [0.25, 0.3) is 0 Å². The first-order chi connectivity index (χ1) is 10.2. The fraction of sp³-hybridized carbons (Fsp3) is 0.400. The van der Waals surface area contributed by atoms with Crippen LogP contribution in [-0.4, -0.2) is 28.6 Å². The Hall–Kier alpha value is -1.92. The monoisotopic (exact) mass is 322 g/mol. The van der Waals surface area contributed by atoms with Gasteiger partial charge in [0.05, 0.1) is 12.6 Å². The lowest BCUT2D eigenvalue weighted by Crippen LogP contribution is -2.40. The van der Waals surface area contributed by atoms with Crippen molar-refractivity contribution in [2.45, 2.75) is 32.4 Å². The largest absolute Gasteiger partial charge is 0.346 e.